The Morgan fingerprint density at radius 1 is 1.07 bits per heavy atom. The molecule has 0 spiro atoms. The Bertz CT molecular complexity index is 1040. The molecule has 0 unspecified atom stereocenters. The molecule has 3 aromatic rings. The first-order valence-corrected chi connectivity index (χ1v) is 8.28. The molecule has 0 atom stereocenters. The van der Waals surface area contributed by atoms with Gasteiger partial charge in [0.25, 0.3) is 5.91 Å². The number of ether oxygens (including phenoxy) is 2. The molecule has 1 aromatic heterocycles. The summed E-state index contributed by atoms with van der Waals surface area (Å²) in [4.78, 5) is 23.6. The summed E-state index contributed by atoms with van der Waals surface area (Å²) in [6.07, 6.45) is 0.579. The van der Waals surface area contributed by atoms with Crippen LogP contribution >= 0.6 is 0 Å². The Kier molecular flexibility index (Phi) is 5.30. The van der Waals surface area contributed by atoms with Crippen molar-refractivity contribution in [2.24, 2.45) is 0 Å². The minimum absolute atomic E-state index is 0.115. The van der Waals surface area contributed by atoms with Gasteiger partial charge in [0.1, 0.15) is 11.3 Å². The largest absolute Gasteiger partial charge is 0.507 e. The average Bonchev–Trinajstić information content (AvgIpc) is 2.67. The molecule has 7 nitrogen and oxygen atoms in total. The molecule has 1 heterocycles. The first kappa shape index (κ1) is 18.3. The fourth-order valence-corrected chi connectivity index (χ4v) is 2.74. The number of carbonyl (C=O) groups is 1. The first-order valence-electron chi connectivity index (χ1n) is 8.28. The van der Waals surface area contributed by atoms with Gasteiger partial charge in [0.15, 0.2) is 11.5 Å². The van der Waals surface area contributed by atoms with Gasteiger partial charge in [-0.1, -0.05) is 6.07 Å². The number of nitrogens with one attached hydrogen (secondary N) is 1. The van der Waals surface area contributed by atoms with Crippen LogP contribution in [0.1, 0.15) is 15.9 Å². The fraction of sp³-hybridized carbons (Fsp3) is 0.200. The number of aromatic hydroxyl groups is 1. The molecule has 2 N–H and O–H groups in total. The Hall–Kier alpha value is -3.48. The summed E-state index contributed by atoms with van der Waals surface area (Å²) in [6, 6.07) is 11.1. The molecule has 27 heavy (non-hydrogen) atoms. The van der Waals surface area contributed by atoms with Crippen molar-refractivity contribution in [1.82, 2.24) is 5.32 Å². The molecule has 2 aromatic carbocycles. The Labute approximate surface area is 155 Å². The van der Waals surface area contributed by atoms with Crippen LogP contribution in [0.4, 0.5) is 0 Å². The van der Waals surface area contributed by atoms with E-state index in [2.05, 4.69) is 5.32 Å². The van der Waals surface area contributed by atoms with Gasteiger partial charge in [-0.25, -0.2) is 4.79 Å². The summed E-state index contributed by atoms with van der Waals surface area (Å²) < 4.78 is 15.4. The van der Waals surface area contributed by atoms with Crippen molar-refractivity contribution in [1.29, 1.82) is 0 Å². The SMILES string of the molecule is COc1ccc(CCNC(=O)c2cc3ccc(=O)oc3cc2O)cc1OC. The van der Waals surface area contributed by atoms with Gasteiger partial charge in [0.05, 0.1) is 19.8 Å². The summed E-state index contributed by atoms with van der Waals surface area (Å²) in [5.41, 5.74) is 0.789. The van der Waals surface area contributed by atoms with Gasteiger partial charge in [0, 0.05) is 24.1 Å². The molecule has 3 rings (SSSR count). The molecule has 0 aliphatic rings. The lowest BCUT2D eigenvalue weighted by Gasteiger charge is -2.11. The maximum atomic E-state index is 12.4. The monoisotopic (exact) mass is 369 g/mol. The molecule has 0 bridgehead atoms. The molecule has 140 valence electrons. The van der Waals surface area contributed by atoms with E-state index in [0.717, 1.165) is 5.56 Å². The van der Waals surface area contributed by atoms with E-state index in [1.165, 1.54) is 18.2 Å². The number of rotatable bonds is 6. The van der Waals surface area contributed by atoms with Gasteiger partial charge in [-0.15, -0.1) is 0 Å². The quantitative estimate of drug-likeness (QED) is 0.648. The molecule has 0 aliphatic carbocycles. The standard InChI is InChI=1S/C20H19NO6/c1-25-16-5-3-12(9-18(16)26-2)7-8-21-20(24)14-10-13-4-6-19(23)27-17(13)11-15(14)22/h3-6,9-11,22H,7-8H2,1-2H3,(H,21,24). The third kappa shape index (κ3) is 4.03. The summed E-state index contributed by atoms with van der Waals surface area (Å²) in [7, 11) is 3.13. The van der Waals surface area contributed by atoms with E-state index in [9.17, 15) is 14.7 Å². The number of phenols is 1. The zero-order valence-electron chi connectivity index (χ0n) is 14.9. The highest BCUT2D eigenvalue weighted by Crippen LogP contribution is 2.28. The van der Waals surface area contributed by atoms with E-state index in [-0.39, 0.29) is 16.9 Å². The second-order valence-electron chi connectivity index (χ2n) is 5.86. The predicted octanol–water partition coefficient (Wildman–Crippen LogP) is 2.49. The molecule has 0 radical (unpaired) electrons. The second kappa shape index (κ2) is 7.82. The Balaban J connectivity index is 1.69. The molecular weight excluding hydrogens is 350 g/mol. The number of fused-ring (bicyclic) bond motifs is 1. The number of hydrogen-bond acceptors (Lipinski definition) is 6. The molecule has 1 amide bonds. The number of phenolic OH excluding ortho intramolecular Hbond substituents is 1. The zero-order chi connectivity index (χ0) is 19.4. The highest BCUT2D eigenvalue weighted by Gasteiger charge is 2.13. The van der Waals surface area contributed by atoms with Crippen LogP contribution < -0.4 is 20.4 Å². The van der Waals surface area contributed by atoms with Crippen molar-refractivity contribution in [3.63, 3.8) is 0 Å². The van der Waals surface area contributed by atoms with Crippen molar-refractivity contribution < 1.29 is 23.8 Å². The lowest BCUT2D eigenvalue weighted by atomic mass is 10.1. The number of benzene rings is 2. The van der Waals surface area contributed by atoms with Gasteiger partial charge in [-0.05, 0) is 36.2 Å². The van der Waals surface area contributed by atoms with Crippen LogP contribution in [0.25, 0.3) is 11.0 Å². The summed E-state index contributed by atoms with van der Waals surface area (Å²) in [6.45, 7) is 0.371. The number of amides is 1. The summed E-state index contributed by atoms with van der Waals surface area (Å²) >= 11 is 0. The minimum Gasteiger partial charge on any atom is -0.507 e. The fourth-order valence-electron chi connectivity index (χ4n) is 2.74. The van der Waals surface area contributed by atoms with Gasteiger partial charge < -0.3 is 24.3 Å². The van der Waals surface area contributed by atoms with Crippen molar-refractivity contribution in [3.05, 3.63) is 64.0 Å². The highest BCUT2D eigenvalue weighted by molar-refractivity contribution is 6.00. The van der Waals surface area contributed by atoms with Crippen molar-refractivity contribution in [2.75, 3.05) is 20.8 Å². The lowest BCUT2D eigenvalue weighted by Crippen LogP contribution is -2.25. The van der Waals surface area contributed by atoms with Crippen molar-refractivity contribution in [3.8, 4) is 17.2 Å². The van der Waals surface area contributed by atoms with Crippen LogP contribution in [0, 0.1) is 0 Å². The van der Waals surface area contributed by atoms with Crippen molar-refractivity contribution >= 4 is 16.9 Å². The number of carbonyl (C=O) groups excluding carboxylic acids is 1. The second-order valence-corrected chi connectivity index (χ2v) is 5.86. The van der Waals surface area contributed by atoms with E-state index in [1.807, 2.05) is 12.1 Å². The Morgan fingerprint density at radius 2 is 1.85 bits per heavy atom. The van der Waals surface area contributed by atoms with Crippen LogP contribution in [-0.4, -0.2) is 31.8 Å². The predicted molar refractivity (Wildman–Crippen MR) is 99.7 cm³/mol. The molecular formula is C20H19NO6. The molecule has 0 saturated heterocycles. The van der Waals surface area contributed by atoms with E-state index in [4.69, 9.17) is 13.9 Å². The van der Waals surface area contributed by atoms with Gasteiger partial charge >= 0.3 is 5.63 Å². The normalized spacial score (nSPS) is 10.6. The van der Waals surface area contributed by atoms with Gasteiger partial charge in [-0.3, -0.25) is 4.79 Å². The lowest BCUT2D eigenvalue weighted by molar-refractivity contribution is 0.0951. The van der Waals surface area contributed by atoms with Crippen LogP contribution in [0.3, 0.4) is 0 Å². The number of methoxy groups -OCH3 is 2. The molecule has 7 heteroatoms. The van der Waals surface area contributed by atoms with Crippen LogP contribution in [-0.2, 0) is 6.42 Å². The molecule has 0 fully saturated rings. The minimum atomic E-state index is -0.519. The number of hydrogen-bond donors (Lipinski definition) is 2. The van der Waals surface area contributed by atoms with E-state index in [0.29, 0.717) is 29.9 Å². The highest BCUT2D eigenvalue weighted by atomic mass is 16.5. The van der Waals surface area contributed by atoms with Crippen LogP contribution in [0.5, 0.6) is 17.2 Å². The van der Waals surface area contributed by atoms with Crippen LogP contribution in [0.15, 0.2) is 51.7 Å². The summed E-state index contributed by atoms with van der Waals surface area (Å²) in [5, 5.41) is 13.4. The van der Waals surface area contributed by atoms with E-state index < -0.39 is 11.5 Å². The smallest absolute Gasteiger partial charge is 0.336 e. The first-order chi connectivity index (χ1) is 13.0. The Morgan fingerprint density at radius 3 is 2.59 bits per heavy atom. The molecule has 0 saturated carbocycles. The molecule has 0 aliphatic heterocycles. The van der Waals surface area contributed by atoms with E-state index in [1.54, 1.807) is 26.4 Å². The van der Waals surface area contributed by atoms with E-state index >= 15 is 0 Å². The maximum Gasteiger partial charge on any atom is 0.336 e. The third-order valence-corrected chi connectivity index (χ3v) is 4.13. The zero-order valence-corrected chi connectivity index (χ0v) is 14.9. The van der Waals surface area contributed by atoms with Crippen LogP contribution in [0.2, 0.25) is 0 Å². The third-order valence-electron chi connectivity index (χ3n) is 4.13. The average molecular weight is 369 g/mol. The topological polar surface area (TPSA) is 98.0 Å². The van der Waals surface area contributed by atoms with Gasteiger partial charge in [-0.2, -0.15) is 0 Å². The van der Waals surface area contributed by atoms with Gasteiger partial charge in [0.2, 0.25) is 0 Å². The maximum absolute atomic E-state index is 12.4. The summed E-state index contributed by atoms with van der Waals surface area (Å²) in [5.74, 6) is 0.592. The van der Waals surface area contributed by atoms with Crippen molar-refractivity contribution in [2.45, 2.75) is 6.42 Å².